The summed E-state index contributed by atoms with van der Waals surface area (Å²) in [7, 11) is 3.80. The maximum absolute atomic E-state index is 10.9. The van der Waals surface area contributed by atoms with E-state index < -0.39 is 0 Å². The molecule has 4 nitrogen and oxygen atoms in total. The standard InChI is InChI=1S/C10H19N2O2/c1-11(2)10(8-14)12-5-3-9(7-13)4-6-12/h8-10H,3-7H2,1-2H3. The summed E-state index contributed by atoms with van der Waals surface area (Å²) in [4.78, 5) is 14.9. The predicted molar refractivity (Wildman–Crippen MR) is 53.4 cm³/mol. The molecular formula is C10H19N2O2. The Morgan fingerprint density at radius 3 is 2.36 bits per heavy atom. The number of carbonyl (C=O) groups excluding carboxylic acids is 1. The number of likely N-dealkylation sites (N-methyl/N-ethyl adjacent to an activating group) is 1. The molecular weight excluding hydrogens is 180 g/mol. The van der Waals surface area contributed by atoms with E-state index in [1.807, 2.05) is 19.0 Å². The van der Waals surface area contributed by atoms with Crippen LogP contribution in [0.15, 0.2) is 0 Å². The highest BCUT2D eigenvalue weighted by Crippen LogP contribution is 2.18. The minimum atomic E-state index is -0.123. The van der Waals surface area contributed by atoms with E-state index in [0.717, 1.165) is 32.2 Å². The molecule has 0 amide bonds. The van der Waals surface area contributed by atoms with Crippen molar-refractivity contribution in [2.45, 2.75) is 19.0 Å². The first kappa shape index (κ1) is 11.6. The molecule has 0 N–H and O–H groups in total. The second-order valence-corrected chi connectivity index (χ2v) is 4.16. The molecule has 1 aliphatic rings. The van der Waals surface area contributed by atoms with Gasteiger partial charge in [-0.25, -0.2) is 5.11 Å². The fraction of sp³-hybridized carbons (Fsp3) is 0.900. The van der Waals surface area contributed by atoms with Crippen LogP contribution in [0.1, 0.15) is 12.8 Å². The lowest BCUT2D eigenvalue weighted by Gasteiger charge is -2.37. The monoisotopic (exact) mass is 199 g/mol. The smallest absolute Gasteiger partial charge is 0.151 e. The second-order valence-electron chi connectivity index (χ2n) is 4.16. The van der Waals surface area contributed by atoms with E-state index in [0.29, 0.717) is 5.92 Å². The fourth-order valence-corrected chi connectivity index (χ4v) is 1.92. The van der Waals surface area contributed by atoms with Crippen LogP contribution in [0.4, 0.5) is 0 Å². The number of carbonyl (C=O) groups is 1. The van der Waals surface area contributed by atoms with Gasteiger partial charge in [-0.05, 0) is 32.9 Å². The van der Waals surface area contributed by atoms with Crippen molar-refractivity contribution < 1.29 is 9.90 Å². The third kappa shape index (κ3) is 2.77. The SMILES string of the molecule is CN(C)C(C=O)N1CCC(C[O])CC1. The molecule has 0 aromatic rings. The van der Waals surface area contributed by atoms with Gasteiger partial charge in [-0.1, -0.05) is 0 Å². The van der Waals surface area contributed by atoms with Crippen LogP contribution in [0.3, 0.4) is 0 Å². The molecule has 1 radical (unpaired) electrons. The van der Waals surface area contributed by atoms with Gasteiger partial charge in [-0.2, -0.15) is 0 Å². The number of hydrogen-bond acceptors (Lipinski definition) is 3. The maximum Gasteiger partial charge on any atom is 0.151 e. The minimum absolute atomic E-state index is 0.0293. The van der Waals surface area contributed by atoms with Gasteiger partial charge < -0.3 is 4.79 Å². The Hall–Kier alpha value is -0.450. The summed E-state index contributed by atoms with van der Waals surface area (Å²) in [6.07, 6.45) is 2.71. The third-order valence-corrected chi connectivity index (χ3v) is 2.91. The summed E-state index contributed by atoms with van der Waals surface area (Å²) in [5, 5.41) is 10.7. The minimum Gasteiger partial charge on any atom is -0.300 e. The number of rotatable bonds is 4. The lowest BCUT2D eigenvalue weighted by Crippen LogP contribution is -2.49. The summed E-state index contributed by atoms with van der Waals surface area (Å²) < 4.78 is 0. The molecule has 0 bridgehead atoms. The van der Waals surface area contributed by atoms with Gasteiger partial charge in [0.1, 0.15) is 6.17 Å². The number of nitrogens with zero attached hydrogens (tertiary/aromatic N) is 2. The molecule has 0 saturated carbocycles. The van der Waals surface area contributed by atoms with Crippen LogP contribution in [0.25, 0.3) is 0 Å². The van der Waals surface area contributed by atoms with Crippen LogP contribution in [0, 0.1) is 5.92 Å². The summed E-state index contributed by atoms with van der Waals surface area (Å²) >= 11 is 0. The van der Waals surface area contributed by atoms with E-state index in [-0.39, 0.29) is 12.8 Å². The Morgan fingerprint density at radius 1 is 1.43 bits per heavy atom. The molecule has 81 valence electrons. The van der Waals surface area contributed by atoms with Crippen molar-refractivity contribution in [2.75, 3.05) is 33.8 Å². The summed E-state index contributed by atoms with van der Waals surface area (Å²) in [5.74, 6) is 0.320. The van der Waals surface area contributed by atoms with Crippen LogP contribution in [-0.4, -0.2) is 56.0 Å². The topological polar surface area (TPSA) is 43.5 Å². The molecule has 0 spiro atoms. The normalized spacial score (nSPS) is 22.6. The third-order valence-electron chi connectivity index (χ3n) is 2.91. The van der Waals surface area contributed by atoms with Crippen molar-refractivity contribution in [1.29, 1.82) is 0 Å². The molecule has 1 rings (SSSR count). The molecule has 0 aliphatic carbocycles. The highest BCUT2D eigenvalue weighted by molar-refractivity contribution is 5.56. The quantitative estimate of drug-likeness (QED) is 0.608. The molecule has 0 aromatic heterocycles. The van der Waals surface area contributed by atoms with Crippen molar-refractivity contribution in [2.24, 2.45) is 5.92 Å². The van der Waals surface area contributed by atoms with Crippen molar-refractivity contribution in [1.82, 2.24) is 9.80 Å². The number of piperidine rings is 1. The fourth-order valence-electron chi connectivity index (χ4n) is 1.92. The highest BCUT2D eigenvalue weighted by Gasteiger charge is 2.25. The zero-order valence-electron chi connectivity index (χ0n) is 8.98. The van der Waals surface area contributed by atoms with Gasteiger partial charge in [0, 0.05) is 13.1 Å². The van der Waals surface area contributed by atoms with Crippen molar-refractivity contribution >= 4 is 6.29 Å². The Bertz CT molecular complexity index is 177. The Balaban J connectivity index is 2.43. The summed E-state index contributed by atoms with van der Waals surface area (Å²) in [6, 6.07) is 0. The van der Waals surface area contributed by atoms with E-state index >= 15 is 0 Å². The first-order valence-corrected chi connectivity index (χ1v) is 5.13. The van der Waals surface area contributed by atoms with Crippen LogP contribution >= 0.6 is 0 Å². The Labute approximate surface area is 85.5 Å². The lowest BCUT2D eigenvalue weighted by molar-refractivity contribution is -0.118. The molecule has 1 atom stereocenters. The van der Waals surface area contributed by atoms with Gasteiger partial charge >= 0.3 is 0 Å². The molecule has 14 heavy (non-hydrogen) atoms. The van der Waals surface area contributed by atoms with Crippen molar-refractivity contribution in [3.8, 4) is 0 Å². The van der Waals surface area contributed by atoms with Gasteiger partial charge in [0.25, 0.3) is 0 Å². The first-order valence-electron chi connectivity index (χ1n) is 5.13. The second kappa shape index (κ2) is 5.44. The maximum atomic E-state index is 10.9. The molecule has 1 aliphatic heterocycles. The number of likely N-dealkylation sites (tertiary alicyclic amines) is 1. The van der Waals surface area contributed by atoms with E-state index in [4.69, 9.17) is 0 Å². The van der Waals surface area contributed by atoms with Crippen LogP contribution in [0.2, 0.25) is 0 Å². The van der Waals surface area contributed by atoms with Gasteiger partial charge in [0.2, 0.25) is 0 Å². The molecule has 4 heteroatoms. The van der Waals surface area contributed by atoms with Crippen LogP contribution in [-0.2, 0) is 9.90 Å². The van der Waals surface area contributed by atoms with Crippen LogP contribution < -0.4 is 0 Å². The molecule has 1 heterocycles. The molecule has 1 saturated heterocycles. The highest BCUT2D eigenvalue weighted by atomic mass is 16.3. The van der Waals surface area contributed by atoms with Gasteiger partial charge in [0.15, 0.2) is 6.29 Å². The Morgan fingerprint density at radius 2 is 2.00 bits per heavy atom. The summed E-state index contributed by atoms with van der Waals surface area (Å²) in [6.45, 7) is 1.77. The molecule has 0 aromatic carbocycles. The van der Waals surface area contributed by atoms with E-state index in [2.05, 4.69) is 4.90 Å². The average Bonchev–Trinajstić information content (AvgIpc) is 2.19. The molecule has 1 unspecified atom stereocenters. The number of hydrogen-bond donors (Lipinski definition) is 0. The zero-order valence-corrected chi connectivity index (χ0v) is 8.98. The largest absolute Gasteiger partial charge is 0.300 e. The van der Waals surface area contributed by atoms with Gasteiger partial charge in [0.05, 0.1) is 6.61 Å². The van der Waals surface area contributed by atoms with E-state index in [1.54, 1.807) is 0 Å². The predicted octanol–water partition coefficient (Wildman–Crippen LogP) is 0.215. The average molecular weight is 199 g/mol. The lowest BCUT2D eigenvalue weighted by atomic mass is 9.97. The Kier molecular flexibility index (Phi) is 4.51. The first-order chi connectivity index (χ1) is 6.69. The van der Waals surface area contributed by atoms with E-state index in [9.17, 15) is 9.90 Å². The zero-order chi connectivity index (χ0) is 10.6. The van der Waals surface area contributed by atoms with Crippen LogP contribution in [0.5, 0.6) is 0 Å². The van der Waals surface area contributed by atoms with Crippen molar-refractivity contribution in [3.63, 3.8) is 0 Å². The van der Waals surface area contributed by atoms with Crippen molar-refractivity contribution in [3.05, 3.63) is 0 Å². The summed E-state index contributed by atoms with van der Waals surface area (Å²) in [5.41, 5.74) is 0. The molecule has 1 fully saturated rings. The number of aldehydes is 1. The van der Waals surface area contributed by atoms with Gasteiger partial charge in [-0.15, -0.1) is 0 Å². The van der Waals surface area contributed by atoms with E-state index in [1.165, 1.54) is 0 Å². The van der Waals surface area contributed by atoms with Gasteiger partial charge in [-0.3, -0.25) is 9.80 Å².